The molecular weight excluding hydrogens is 637 g/mol. The number of hydrogen-bond acceptors (Lipinski definition) is 2. The van der Waals surface area contributed by atoms with Gasteiger partial charge >= 0.3 is 0 Å². The quantitative estimate of drug-likeness (QED) is 0.187. The minimum atomic E-state index is 1.06. The topological polar surface area (TPSA) is 17.0 Å². The summed E-state index contributed by atoms with van der Waals surface area (Å²) in [6.07, 6.45) is 0. The van der Waals surface area contributed by atoms with Crippen LogP contribution in [0.25, 0.3) is 81.0 Å². The molecule has 0 spiro atoms. The van der Waals surface area contributed by atoms with Gasteiger partial charge in [-0.1, -0.05) is 127 Å². The van der Waals surface area contributed by atoms with Crippen LogP contribution in [0, 0.1) is 0 Å². The van der Waals surface area contributed by atoms with Gasteiger partial charge in [-0.15, -0.1) is 11.3 Å². The first-order valence-electron chi connectivity index (χ1n) is 17.3. The lowest BCUT2D eigenvalue weighted by molar-refractivity contribution is 1.18. The Balaban J connectivity index is 1.25. The molecule has 0 unspecified atom stereocenters. The molecule has 8 aromatic carbocycles. The van der Waals surface area contributed by atoms with Crippen LogP contribution >= 0.6 is 11.3 Å². The van der Waals surface area contributed by atoms with Crippen LogP contribution in [0.1, 0.15) is 0 Å². The first-order valence-corrected chi connectivity index (χ1v) is 18.2. The summed E-state index contributed by atoms with van der Waals surface area (Å²) < 4.78 is 5.01. The largest absolute Gasteiger partial charge is 0.355 e. The van der Waals surface area contributed by atoms with Crippen molar-refractivity contribution in [3.63, 3.8) is 0 Å². The van der Waals surface area contributed by atoms with Crippen LogP contribution in [-0.2, 0) is 0 Å². The molecule has 0 amide bonds. The minimum absolute atomic E-state index is 1.06. The Hall–Kier alpha value is -6.42. The van der Waals surface area contributed by atoms with Crippen LogP contribution in [0.4, 0.5) is 11.4 Å². The molecule has 0 saturated heterocycles. The van der Waals surface area contributed by atoms with Crippen molar-refractivity contribution in [2.24, 2.45) is 0 Å². The van der Waals surface area contributed by atoms with E-state index in [0.717, 1.165) is 22.6 Å². The maximum absolute atomic E-state index is 3.86. The van der Waals surface area contributed by atoms with Gasteiger partial charge in [0, 0.05) is 53.6 Å². The summed E-state index contributed by atoms with van der Waals surface area (Å²) >= 11 is 1.87. The molecule has 3 heteroatoms. The van der Waals surface area contributed by atoms with Crippen molar-refractivity contribution < 1.29 is 0 Å². The molecule has 10 aromatic rings. The van der Waals surface area contributed by atoms with E-state index in [0.29, 0.717) is 0 Å². The van der Waals surface area contributed by atoms with Crippen LogP contribution in [0.2, 0.25) is 0 Å². The lowest BCUT2D eigenvalue weighted by Gasteiger charge is -2.16. The number of benzene rings is 8. The molecule has 0 atom stereocenters. The Morgan fingerprint density at radius 3 is 1.84 bits per heavy atom. The third-order valence-electron chi connectivity index (χ3n) is 9.97. The van der Waals surface area contributed by atoms with Gasteiger partial charge in [-0.3, -0.25) is 0 Å². The molecule has 51 heavy (non-hydrogen) atoms. The summed E-state index contributed by atoms with van der Waals surface area (Å²) in [5, 5.41) is 8.90. The third-order valence-corrected chi connectivity index (χ3v) is 11.1. The van der Waals surface area contributed by atoms with E-state index >= 15 is 0 Å². The molecule has 1 N–H and O–H groups in total. The molecule has 2 nitrogen and oxygen atoms in total. The predicted octanol–water partition coefficient (Wildman–Crippen LogP) is 13.9. The van der Waals surface area contributed by atoms with Gasteiger partial charge < -0.3 is 9.88 Å². The summed E-state index contributed by atoms with van der Waals surface area (Å²) in [5.41, 5.74) is 12.9. The van der Waals surface area contributed by atoms with E-state index in [9.17, 15) is 0 Å². The zero-order chi connectivity index (χ0) is 33.7. The van der Waals surface area contributed by atoms with Gasteiger partial charge in [-0.2, -0.15) is 0 Å². The zero-order valence-electron chi connectivity index (χ0n) is 27.8. The van der Waals surface area contributed by atoms with Gasteiger partial charge in [0.15, 0.2) is 0 Å². The van der Waals surface area contributed by atoms with Gasteiger partial charge in [0.1, 0.15) is 0 Å². The maximum Gasteiger partial charge on any atom is 0.0562 e. The van der Waals surface area contributed by atoms with Gasteiger partial charge in [0.05, 0.1) is 11.0 Å². The Kier molecular flexibility index (Phi) is 7.04. The van der Waals surface area contributed by atoms with E-state index in [4.69, 9.17) is 0 Å². The summed E-state index contributed by atoms with van der Waals surface area (Å²) in [5.74, 6) is 0. The highest BCUT2D eigenvalue weighted by Crippen LogP contribution is 2.46. The highest BCUT2D eigenvalue weighted by Gasteiger charge is 2.20. The second kappa shape index (κ2) is 12.2. The zero-order valence-corrected chi connectivity index (χ0v) is 28.6. The highest BCUT2D eigenvalue weighted by molar-refractivity contribution is 7.26. The van der Waals surface area contributed by atoms with E-state index in [1.165, 1.54) is 69.8 Å². The van der Waals surface area contributed by atoms with Crippen molar-refractivity contribution >= 4 is 64.7 Å². The molecule has 10 rings (SSSR count). The van der Waals surface area contributed by atoms with Crippen molar-refractivity contribution in [3.05, 3.63) is 188 Å². The number of anilines is 2. The van der Waals surface area contributed by atoms with Gasteiger partial charge in [0.2, 0.25) is 0 Å². The molecule has 240 valence electrons. The molecule has 2 heterocycles. The SMILES string of the molecule is c1ccc(Nc2cc3c(cc2-c2cccc4sc5ccc(-c6ccccc6)cc5c24)c2ccccc2n3-c2cccc(-c3ccccc3)c2)cc1. The Bertz CT molecular complexity index is 2870. The number of nitrogens with zero attached hydrogens (tertiary/aromatic N) is 1. The number of rotatable bonds is 6. The number of hydrogen-bond donors (Lipinski definition) is 1. The van der Waals surface area contributed by atoms with Crippen LogP contribution in [0.3, 0.4) is 0 Å². The Morgan fingerprint density at radius 2 is 1.06 bits per heavy atom. The molecule has 0 radical (unpaired) electrons. The lowest BCUT2D eigenvalue weighted by Crippen LogP contribution is -1.97. The summed E-state index contributed by atoms with van der Waals surface area (Å²) in [6.45, 7) is 0. The number of para-hydroxylation sites is 2. The van der Waals surface area contributed by atoms with E-state index in [1.54, 1.807) is 0 Å². The van der Waals surface area contributed by atoms with Gasteiger partial charge in [-0.25, -0.2) is 0 Å². The first-order chi connectivity index (χ1) is 25.3. The van der Waals surface area contributed by atoms with E-state index in [-0.39, 0.29) is 0 Å². The average Bonchev–Trinajstić information content (AvgIpc) is 3.74. The van der Waals surface area contributed by atoms with Crippen molar-refractivity contribution in [1.29, 1.82) is 0 Å². The summed E-state index contributed by atoms with van der Waals surface area (Å²) in [7, 11) is 0. The first kappa shape index (κ1) is 29.5. The molecule has 0 fully saturated rings. The summed E-state index contributed by atoms with van der Waals surface area (Å²) in [4.78, 5) is 0. The maximum atomic E-state index is 3.86. The fourth-order valence-corrected chi connectivity index (χ4v) is 8.73. The molecule has 0 aliphatic carbocycles. The molecular formula is C48H32N2S. The van der Waals surface area contributed by atoms with Crippen molar-refractivity contribution in [1.82, 2.24) is 4.57 Å². The molecule has 2 aromatic heterocycles. The monoisotopic (exact) mass is 668 g/mol. The van der Waals surface area contributed by atoms with Crippen LogP contribution in [-0.4, -0.2) is 4.57 Å². The second-order valence-corrected chi connectivity index (χ2v) is 14.1. The normalized spacial score (nSPS) is 11.5. The summed E-state index contributed by atoms with van der Waals surface area (Å²) in [6, 6.07) is 68.0. The van der Waals surface area contributed by atoms with E-state index in [2.05, 4.69) is 198 Å². The minimum Gasteiger partial charge on any atom is -0.355 e. The van der Waals surface area contributed by atoms with Gasteiger partial charge in [0.25, 0.3) is 0 Å². The van der Waals surface area contributed by atoms with Crippen LogP contribution in [0.15, 0.2) is 188 Å². The second-order valence-electron chi connectivity index (χ2n) is 13.0. The fourth-order valence-electron chi connectivity index (χ4n) is 7.61. The van der Waals surface area contributed by atoms with Crippen molar-refractivity contribution in [3.8, 4) is 39.1 Å². The predicted molar refractivity (Wildman–Crippen MR) is 220 cm³/mol. The van der Waals surface area contributed by atoms with E-state index in [1.807, 2.05) is 11.3 Å². The lowest BCUT2D eigenvalue weighted by atomic mass is 9.95. The highest BCUT2D eigenvalue weighted by atomic mass is 32.1. The number of aromatic nitrogens is 1. The average molecular weight is 669 g/mol. The fraction of sp³-hybridized carbons (Fsp3) is 0. The molecule has 0 saturated carbocycles. The van der Waals surface area contributed by atoms with Crippen LogP contribution in [0.5, 0.6) is 0 Å². The Morgan fingerprint density at radius 1 is 0.392 bits per heavy atom. The third kappa shape index (κ3) is 5.10. The Labute approximate surface area is 300 Å². The number of nitrogens with one attached hydrogen (secondary N) is 1. The number of thiophene rings is 1. The van der Waals surface area contributed by atoms with Crippen molar-refractivity contribution in [2.45, 2.75) is 0 Å². The van der Waals surface area contributed by atoms with Gasteiger partial charge in [-0.05, 0) is 88.5 Å². The van der Waals surface area contributed by atoms with E-state index < -0.39 is 0 Å². The molecule has 0 aliphatic heterocycles. The molecule has 0 bridgehead atoms. The number of fused-ring (bicyclic) bond motifs is 6. The standard InChI is InChI=1S/C48H32N2S/c1-4-14-32(15-5-1)34-18-12-21-37(28-34)50-44-24-11-10-22-38(44)41-30-40(43(31-45(41)50)49-36-19-8-3-9-20-36)39-23-13-25-47-48(39)42-29-35(26-27-46(42)51-47)33-16-6-2-7-17-33/h1-31,49H. The molecule has 0 aliphatic rings. The van der Waals surface area contributed by atoms with Crippen molar-refractivity contribution in [2.75, 3.05) is 5.32 Å². The van der Waals surface area contributed by atoms with Crippen LogP contribution < -0.4 is 5.32 Å². The smallest absolute Gasteiger partial charge is 0.0562 e.